The van der Waals surface area contributed by atoms with Gasteiger partial charge in [0, 0.05) is 47.1 Å². The van der Waals surface area contributed by atoms with E-state index in [1.807, 2.05) is 56.3 Å². The normalized spacial score (nSPS) is 16.2. The standard InChI is InChI=1S/C26H28N4O/c1-18-17-21(19(2)30(18)20-11-7-6-8-12-20)25(31)28-27-16-15-24-26(3,4)22-13-9-10-14-23(22)29(24)5/h6-17H,1-5H3,(H,28,31)/b24-15-,27-16-. The number of anilines is 1. The Labute approximate surface area is 183 Å². The first-order valence-electron chi connectivity index (χ1n) is 10.4. The van der Waals surface area contributed by atoms with Crippen LogP contribution in [-0.2, 0) is 5.41 Å². The smallest absolute Gasteiger partial charge is 0.273 e. The zero-order valence-corrected chi connectivity index (χ0v) is 18.7. The van der Waals surface area contributed by atoms with E-state index in [-0.39, 0.29) is 11.3 Å². The van der Waals surface area contributed by atoms with Gasteiger partial charge < -0.3 is 9.47 Å². The second-order valence-corrected chi connectivity index (χ2v) is 8.43. The van der Waals surface area contributed by atoms with E-state index in [0.29, 0.717) is 5.56 Å². The minimum Gasteiger partial charge on any atom is -0.347 e. The number of benzene rings is 2. The molecule has 0 unspecified atom stereocenters. The highest BCUT2D eigenvalue weighted by Crippen LogP contribution is 2.46. The predicted molar refractivity (Wildman–Crippen MR) is 127 cm³/mol. The lowest BCUT2D eigenvalue weighted by Crippen LogP contribution is -2.23. The van der Waals surface area contributed by atoms with Gasteiger partial charge >= 0.3 is 0 Å². The number of likely N-dealkylation sites (N-methyl/N-ethyl adjacent to an activating group) is 1. The topological polar surface area (TPSA) is 49.6 Å². The highest BCUT2D eigenvalue weighted by molar-refractivity contribution is 5.96. The number of para-hydroxylation sites is 2. The summed E-state index contributed by atoms with van der Waals surface area (Å²) in [5, 5.41) is 4.19. The van der Waals surface area contributed by atoms with Gasteiger partial charge in [-0.05, 0) is 49.8 Å². The van der Waals surface area contributed by atoms with Gasteiger partial charge in [-0.15, -0.1) is 0 Å². The van der Waals surface area contributed by atoms with E-state index in [0.717, 1.165) is 22.8 Å². The van der Waals surface area contributed by atoms with E-state index in [9.17, 15) is 4.79 Å². The Morgan fingerprint density at radius 1 is 1.03 bits per heavy atom. The average molecular weight is 413 g/mol. The molecule has 0 aliphatic carbocycles. The van der Waals surface area contributed by atoms with Crippen molar-refractivity contribution in [1.29, 1.82) is 0 Å². The summed E-state index contributed by atoms with van der Waals surface area (Å²) < 4.78 is 2.08. The van der Waals surface area contributed by atoms with Crippen molar-refractivity contribution in [1.82, 2.24) is 9.99 Å². The van der Waals surface area contributed by atoms with Crippen LogP contribution in [0.1, 0.15) is 41.2 Å². The van der Waals surface area contributed by atoms with Crippen molar-refractivity contribution in [3.8, 4) is 5.69 Å². The van der Waals surface area contributed by atoms with Crippen LogP contribution >= 0.6 is 0 Å². The molecule has 1 amide bonds. The van der Waals surface area contributed by atoms with E-state index in [4.69, 9.17) is 0 Å². The monoisotopic (exact) mass is 412 g/mol. The molecule has 4 rings (SSSR count). The van der Waals surface area contributed by atoms with Gasteiger partial charge in [-0.1, -0.05) is 50.2 Å². The second kappa shape index (κ2) is 7.91. The molecule has 1 aliphatic heterocycles. The number of nitrogens with zero attached hydrogens (tertiary/aromatic N) is 3. The molecule has 0 spiro atoms. The van der Waals surface area contributed by atoms with Crippen LogP contribution in [0.3, 0.4) is 0 Å². The number of aryl methyl sites for hydroxylation is 1. The van der Waals surface area contributed by atoms with Crippen molar-refractivity contribution in [2.75, 3.05) is 11.9 Å². The quantitative estimate of drug-likeness (QED) is 0.478. The Balaban J connectivity index is 1.51. The van der Waals surface area contributed by atoms with Crippen molar-refractivity contribution in [2.45, 2.75) is 33.1 Å². The van der Waals surface area contributed by atoms with Crippen LogP contribution in [0.4, 0.5) is 5.69 Å². The number of rotatable bonds is 4. The van der Waals surface area contributed by atoms with Gasteiger partial charge in [-0.25, -0.2) is 5.43 Å². The Hall–Kier alpha value is -3.60. The molecule has 158 valence electrons. The van der Waals surface area contributed by atoms with E-state index in [2.05, 4.69) is 65.2 Å². The van der Waals surface area contributed by atoms with Crippen LogP contribution < -0.4 is 10.3 Å². The van der Waals surface area contributed by atoms with E-state index >= 15 is 0 Å². The van der Waals surface area contributed by atoms with Crippen LogP contribution in [0.25, 0.3) is 5.69 Å². The van der Waals surface area contributed by atoms with Crippen LogP contribution in [0.15, 0.2) is 77.5 Å². The lowest BCUT2D eigenvalue weighted by Gasteiger charge is -2.23. The molecule has 2 aromatic carbocycles. The third-order valence-electron chi connectivity index (χ3n) is 6.10. The summed E-state index contributed by atoms with van der Waals surface area (Å²) in [6, 6.07) is 20.3. The Morgan fingerprint density at radius 3 is 2.42 bits per heavy atom. The van der Waals surface area contributed by atoms with Crippen LogP contribution in [0.5, 0.6) is 0 Å². The second-order valence-electron chi connectivity index (χ2n) is 8.43. The fourth-order valence-electron chi connectivity index (χ4n) is 4.53. The molecule has 1 aliphatic rings. The largest absolute Gasteiger partial charge is 0.347 e. The summed E-state index contributed by atoms with van der Waals surface area (Å²) in [6.07, 6.45) is 3.63. The summed E-state index contributed by atoms with van der Waals surface area (Å²) in [4.78, 5) is 14.9. The third kappa shape index (κ3) is 3.56. The van der Waals surface area contributed by atoms with Gasteiger partial charge in [0.2, 0.25) is 0 Å². The summed E-state index contributed by atoms with van der Waals surface area (Å²) in [5.74, 6) is -0.216. The fraction of sp³-hybridized carbons (Fsp3) is 0.231. The number of carbonyl (C=O) groups is 1. The van der Waals surface area contributed by atoms with Gasteiger partial charge in [0.25, 0.3) is 5.91 Å². The molecule has 1 aromatic heterocycles. The van der Waals surface area contributed by atoms with Gasteiger partial charge in [-0.3, -0.25) is 4.79 Å². The zero-order valence-electron chi connectivity index (χ0n) is 18.7. The van der Waals surface area contributed by atoms with Gasteiger partial charge in [0.1, 0.15) is 0 Å². The molecule has 1 N–H and O–H groups in total. The minimum absolute atomic E-state index is 0.123. The first kappa shape index (κ1) is 20.7. The van der Waals surface area contributed by atoms with Crippen LogP contribution in [0, 0.1) is 13.8 Å². The van der Waals surface area contributed by atoms with Gasteiger partial charge in [0.05, 0.1) is 5.56 Å². The molecule has 3 aromatic rings. The first-order chi connectivity index (χ1) is 14.8. The summed E-state index contributed by atoms with van der Waals surface area (Å²) >= 11 is 0. The van der Waals surface area contributed by atoms with Crippen molar-refractivity contribution >= 4 is 17.8 Å². The SMILES string of the molecule is Cc1cc(C(=O)N/N=C\C=C2/N(C)c3ccccc3C2(C)C)c(C)n1-c1ccccc1. The maximum atomic E-state index is 12.8. The maximum absolute atomic E-state index is 12.8. The molecule has 5 heteroatoms. The molecular formula is C26H28N4O. The van der Waals surface area contributed by atoms with Crippen molar-refractivity contribution in [3.05, 3.63) is 95.0 Å². The number of aromatic nitrogens is 1. The highest BCUT2D eigenvalue weighted by Gasteiger charge is 2.37. The number of nitrogens with one attached hydrogen (secondary N) is 1. The molecule has 0 fully saturated rings. The van der Waals surface area contributed by atoms with E-state index < -0.39 is 0 Å². The molecule has 0 radical (unpaired) electrons. The molecule has 0 bridgehead atoms. The Bertz CT molecular complexity index is 1190. The number of carbonyl (C=O) groups excluding carboxylic acids is 1. The lowest BCUT2D eigenvalue weighted by molar-refractivity contribution is 0.0954. The molecule has 0 atom stereocenters. The first-order valence-corrected chi connectivity index (χ1v) is 10.4. The third-order valence-corrected chi connectivity index (χ3v) is 6.10. The highest BCUT2D eigenvalue weighted by atomic mass is 16.2. The number of fused-ring (bicyclic) bond motifs is 1. The number of hydrogen-bond acceptors (Lipinski definition) is 3. The molecule has 0 saturated carbocycles. The van der Waals surface area contributed by atoms with Crippen molar-refractivity contribution in [2.24, 2.45) is 5.10 Å². The fourth-order valence-corrected chi connectivity index (χ4v) is 4.53. The molecule has 31 heavy (non-hydrogen) atoms. The Morgan fingerprint density at radius 2 is 1.71 bits per heavy atom. The van der Waals surface area contributed by atoms with Crippen molar-refractivity contribution in [3.63, 3.8) is 0 Å². The molecular weight excluding hydrogens is 384 g/mol. The predicted octanol–water partition coefficient (Wildman–Crippen LogP) is 5.12. The van der Waals surface area contributed by atoms with Crippen LogP contribution in [0.2, 0.25) is 0 Å². The number of allylic oxidation sites excluding steroid dienone is 2. The average Bonchev–Trinajstić information content (AvgIpc) is 3.16. The number of hydrogen-bond donors (Lipinski definition) is 1. The maximum Gasteiger partial charge on any atom is 0.273 e. The van der Waals surface area contributed by atoms with Crippen LogP contribution in [-0.4, -0.2) is 23.7 Å². The van der Waals surface area contributed by atoms with E-state index in [1.54, 1.807) is 6.21 Å². The van der Waals surface area contributed by atoms with Gasteiger partial charge in [-0.2, -0.15) is 5.10 Å². The van der Waals surface area contributed by atoms with Crippen molar-refractivity contribution < 1.29 is 4.79 Å². The lowest BCUT2D eigenvalue weighted by atomic mass is 9.84. The summed E-state index contributed by atoms with van der Waals surface area (Å²) in [7, 11) is 2.06. The number of hydrazone groups is 1. The Kier molecular flexibility index (Phi) is 5.27. The van der Waals surface area contributed by atoms with Gasteiger partial charge in [0.15, 0.2) is 0 Å². The molecule has 2 heterocycles. The summed E-state index contributed by atoms with van der Waals surface area (Å²) in [6.45, 7) is 8.35. The minimum atomic E-state index is -0.216. The molecule has 0 saturated heterocycles. The number of amides is 1. The molecule has 5 nitrogen and oxygen atoms in total. The van der Waals surface area contributed by atoms with E-state index in [1.165, 1.54) is 11.3 Å². The zero-order chi connectivity index (χ0) is 22.2. The summed E-state index contributed by atoms with van der Waals surface area (Å²) in [5.41, 5.74) is 9.73.